The van der Waals surface area contributed by atoms with Crippen molar-refractivity contribution in [2.24, 2.45) is 0 Å². The standard InChI is InChI=1S/C9H13NO3S/c11-8-4-10(5-9(12)13-8)7-2-1-3-14-6-7/h7H,1-6H2. The van der Waals surface area contributed by atoms with Gasteiger partial charge in [-0.1, -0.05) is 0 Å². The lowest BCUT2D eigenvalue weighted by molar-refractivity contribution is -0.167. The van der Waals surface area contributed by atoms with Crippen molar-refractivity contribution in [2.75, 3.05) is 24.6 Å². The molecule has 0 aromatic carbocycles. The molecule has 5 heteroatoms. The van der Waals surface area contributed by atoms with Crippen LogP contribution in [0.4, 0.5) is 0 Å². The summed E-state index contributed by atoms with van der Waals surface area (Å²) >= 11 is 1.89. The van der Waals surface area contributed by atoms with E-state index in [4.69, 9.17) is 0 Å². The van der Waals surface area contributed by atoms with Crippen LogP contribution in [0.15, 0.2) is 0 Å². The van der Waals surface area contributed by atoms with Gasteiger partial charge in [0.1, 0.15) is 0 Å². The van der Waals surface area contributed by atoms with Crippen molar-refractivity contribution in [1.29, 1.82) is 0 Å². The fraction of sp³-hybridized carbons (Fsp3) is 0.778. The molecule has 0 aliphatic carbocycles. The third-order valence-electron chi connectivity index (χ3n) is 2.54. The number of cyclic esters (lactones) is 2. The Morgan fingerprint density at radius 3 is 2.57 bits per heavy atom. The summed E-state index contributed by atoms with van der Waals surface area (Å²) in [7, 11) is 0. The molecule has 0 bridgehead atoms. The molecule has 14 heavy (non-hydrogen) atoms. The number of thioether (sulfide) groups is 1. The van der Waals surface area contributed by atoms with Crippen molar-refractivity contribution in [3.63, 3.8) is 0 Å². The molecule has 1 atom stereocenters. The van der Waals surface area contributed by atoms with Gasteiger partial charge in [0.05, 0.1) is 13.1 Å². The van der Waals surface area contributed by atoms with Gasteiger partial charge in [0.25, 0.3) is 0 Å². The molecule has 0 amide bonds. The van der Waals surface area contributed by atoms with Gasteiger partial charge < -0.3 is 4.74 Å². The minimum atomic E-state index is -0.406. The van der Waals surface area contributed by atoms with Gasteiger partial charge in [-0.05, 0) is 18.6 Å². The first-order valence-electron chi connectivity index (χ1n) is 4.81. The molecule has 0 radical (unpaired) electrons. The average molecular weight is 215 g/mol. The number of ether oxygens (including phenoxy) is 1. The van der Waals surface area contributed by atoms with E-state index in [1.165, 1.54) is 12.2 Å². The highest BCUT2D eigenvalue weighted by molar-refractivity contribution is 7.99. The summed E-state index contributed by atoms with van der Waals surface area (Å²) in [4.78, 5) is 24.0. The third kappa shape index (κ3) is 2.27. The van der Waals surface area contributed by atoms with E-state index in [-0.39, 0.29) is 13.1 Å². The van der Waals surface area contributed by atoms with Crippen LogP contribution in [0, 0.1) is 0 Å². The van der Waals surface area contributed by atoms with Crippen LogP contribution in [-0.4, -0.2) is 47.5 Å². The third-order valence-corrected chi connectivity index (χ3v) is 3.74. The maximum atomic E-state index is 11.0. The van der Waals surface area contributed by atoms with E-state index in [0.29, 0.717) is 6.04 Å². The van der Waals surface area contributed by atoms with Crippen molar-refractivity contribution < 1.29 is 14.3 Å². The molecule has 0 N–H and O–H groups in total. The molecule has 1 unspecified atom stereocenters. The van der Waals surface area contributed by atoms with Crippen LogP contribution >= 0.6 is 11.8 Å². The van der Waals surface area contributed by atoms with E-state index in [0.717, 1.165) is 12.2 Å². The molecule has 78 valence electrons. The zero-order chi connectivity index (χ0) is 9.97. The quantitative estimate of drug-likeness (QED) is 0.464. The van der Waals surface area contributed by atoms with Gasteiger partial charge in [-0.2, -0.15) is 11.8 Å². The molecule has 0 spiro atoms. The van der Waals surface area contributed by atoms with Crippen LogP contribution in [0.25, 0.3) is 0 Å². The largest absolute Gasteiger partial charge is 0.391 e. The number of hydrogen-bond donors (Lipinski definition) is 0. The number of rotatable bonds is 1. The van der Waals surface area contributed by atoms with Gasteiger partial charge in [-0.15, -0.1) is 0 Å². The average Bonchev–Trinajstić information content (AvgIpc) is 2.18. The van der Waals surface area contributed by atoms with E-state index < -0.39 is 11.9 Å². The zero-order valence-electron chi connectivity index (χ0n) is 7.90. The van der Waals surface area contributed by atoms with E-state index in [2.05, 4.69) is 4.74 Å². The van der Waals surface area contributed by atoms with E-state index in [1.54, 1.807) is 0 Å². The van der Waals surface area contributed by atoms with Gasteiger partial charge in [0.2, 0.25) is 0 Å². The lowest BCUT2D eigenvalue weighted by Crippen LogP contribution is -2.49. The van der Waals surface area contributed by atoms with Crippen molar-refractivity contribution >= 4 is 23.7 Å². The molecule has 2 aliphatic rings. The monoisotopic (exact) mass is 215 g/mol. The number of morpholine rings is 1. The molecule has 2 heterocycles. The number of carbonyl (C=O) groups excluding carboxylic acids is 2. The summed E-state index contributed by atoms with van der Waals surface area (Å²) in [6, 6.07) is 0.380. The summed E-state index contributed by atoms with van der Waals surface area (Å²) in [5, 5.41) is 0. The highest BCUT2D eigenvalue weighted by Crippen LogP contribution is 2.22. The van der Waals surface area contributed by atoms with Crippen LogP contribution in [-0.2, 0) is 14.3 Å². The first-order chi connectivity index (χ1) is 6.75. The number of nitrogens with zero attached hydrogens (tertiary/aromatic N) is 1. The van der Waals surface area contributed by atoms with Gasteiger partial charge in [-0.3, -0.25) is 14.5 Å². The molecule has 2 rings (SSSR count). The van der Waals surface area contributed by atoms with Crippen LogP contribution in [0.3, 0.4) is 0 Å². The molecule has 0 aromatic rings. The van der Waals surface area contributed by atoms with Gasteiger partial charge in [-0.25, -0.2) is 0 Å². The summed E-state index contributed by atoms with van der Waals surface area (Å²) in [5.74, 6) is 1.41. The Morgan fingerprint density at radius 1 is 1.29 bits per heavy atom. The minimum Gasteiger partial charge on any atom is -0.391 e. The Labute approximate surface area is 87.0 Å². The maximum Gasteiger partial charge on any atom is 0.327 e. The van der Waals surface area contributed by atoms with Crippen molar-refractivity contribution in [2.45, 2.75) is 18.9 Å². The molecular weight excluding hydrogens is 202 g/mol. The Morgan fingerprint density at radius 2 is 2.00 bits per heavy atom. The first-order valence-corrected chi connectivity index (χ1v) is 5.96. The summed E-state index contributed by atoms with van der Waals surface area (Å²) in [6.07, 6.45) is 2.27. The Bertz CT molecular complexity index is 234. The SMILES string of the molecule is O=C1CN(C2CCCSC2)CC(=O)O1. The molecule has 0 saturated carbocycles. The van der Waals surface area contributed by atoms with E-state index in [9.17, 15) is 9.59 Å². The Hall–Kier alpha value is -0.550. The molecular formula is C9H13NO3S. The van der Waals surface area contributed by atoms with Crippen LogP contribution in [0.1, 0.15) is 12.8 Å². The Kier molecular flexibility index (Phi) is 3.08. The molecule has 0 aromatic heterocycles. The van der Waals surface area contributed by atoms with Crippen molar-refractivity contribution in [1.82, 2.24) is 4.90 Å². The second-order valence-electron chi connectivity index (χ2n) is 3.62. The minimum absolute atomic E-state index is 0.275. The fourth-order valence-electron chi connectivity index (χ4n) is 1.85. The van der Waals surface area contributed by atoms with Crippen LogP contribution in [0.2, 0.25) is 0 Å². The second kappa shape index (κ2) is 4.31. The topological polar surface area (TPSA) is 46.6 Å². The van der Waals surface area contributed by atoms with Gasteiger partial charge in [0, 0.05) is 11.8 Å². The van der Waals surface area contributed by atoms with Crippen molar-refractivity contribution in [3.05, 3.63) is 0 Å². The lowest BCUT2D eigenvalue weighted by Gasteiger charge is -2.34. The molecule has 2 fully saturated rings. The Balaban J connectivity index is 1.95. The van der Waals surface area contributed by atoms with Gasteiger partial charge >= 0.3 is 11.9 Å². The van der Waals surface area contributed by atoms with E-state index >= 15 is 0 Å². The fourth-order valence-corrected chi connectivity index (χ4v) is 3.04. The number of hydrogen-bond acceptors (Lipinski definition) is 5. The molecule has 2 aliphatic heterocycles. The first kappa shape index (κ1) is 9.98. The zero-order valence-corrected chi connectivity index (χ0v) is 8.72. The highest BCUT2D eigenvalue weighted by atomic mass is 32.2. The summed E-state index contributed by atoms with van der Waals surface area (Å²) in [5.41, 5.74) is 0. The van der Waals surface area contributed by atoms with Crippen LogP contribution < -0.4 is 0 Å². The maximum absolute atomic E-state index is 11.0. The molecule has 2 saturated heterocycles. The number of esters is 2. The molecule has 4 nitrogen and oxygen atoms in total. The number of carbonyl (C=O) groups is 2. The van der Waals surface area contributed by atoms with E-state index in [1.807, 2.05) is 16.7 Å². The second-order valence-corrected chi connectivity index (χ2v) is 4.77. The van der Waals surface area contributed by atoms with Crippen LogP contribution in [0.5, 0.6) is 0 Å². The smallest absolute Gasteiger partial charge is 0.327 e. The summed E-state index contributed by atoms with van der Waals surface area (Å²) in [6.45, 7) is 0.550. The van der Waals surface area contributed by atoms with Gasteiger partial charge in [0.15, 0.2) is 0 Å². The predicted molar refractivity (Wildman–Crippen MR) is 53.0 cm³/mol. The van der Waals surface area contributed by atoms with Crippen molar-refractivity contribution in [3.8, 4) is 0 Å². The summed E-state index contributed by atoms with van der Waals surface area (Å²) < 4.78 is 4.48. The normalized spacial score (nSPS) is 30.1. The predicted octanol–water partition coefficient (Wildman–Crippen LogP) is 0.267. The highest BCUT2D eigenvalue weighted by Gasteiger charge is 2.30. The lowest BCUT2D eigenvalue weighted by atomic mass is 10.1.